The monoisotopic (exact) mass is 497 g/mol. The molecule has 2 rings (SSSR count). The second kappa shape index (κ2) is 7.45. The van der Waals surface area contributed by atoms with E-state index in [1.165, 1.54) is 18.2 Å². The van der Waals surface area contributed by atoms with Gasteiger partial charge in [0.05, 0.1) is 0 Å². The van der Waals surface area contributed by atoms with Crippen molar-refractivity contribution in [3.05, 3.63) is 48.5 Å². The lowest BCUT2D eigenvalue weighted by Crippen LogP contribution is -2.42. The maximum Gasteiger partial charge on any atom is 0.573 e. The molecule has 0 aromatic heterocycles. The SMILES string of the molecule is CC(O)(CSc1ccccc1OC(F)(F)F)C(=O)Nc1cccc(S(F)(F)(F)(F)F)c1. The van der Waals surface area contributed by atoms with Crippen LogP contribution in [-0.2, 0) is 4.79 Å². The number of carbonyl (C=O) groups excluding carboxylic acids is 1. The minimum Gasteiger partial charge on any atom is -0.405 e. The lowest BCUT2D eigenvalue weighted by molar-refractivity contribution is -0.275. The van der Waals surface area contributed by atoms with Crippen LogP contribution in [0.2, 0.25) is 0 Å². The molecule has 1 unspecified atom stereocenters. The van der Waals surface area contributed by atoms with Crippen molar-refractivity contribution in [2.75, 3.05) is 11.1 Å². The Bertz CT molecular complexity index is 978. The van der Waals surface area contributed by atoms with Crippen LogP contribution >= 0.6 is 22.0 Å². The molecule has 1 amide bonds. The number of aliphatic hydroxyl groups is 1. The number of hydrogen-bond acceptors (Lipinski definition) is 4. The number of amides is 1. The first-order valence-electron chi connectivity index (χ1n) is 8.12. The summed E-state index contributed by atoms with van der Waals surface area (Å²) in [6.45, 7) is 0.955. The molecule has 0 aliphatic rings. The number of nitrogens with one attached hydrogen (secondary N) is 1. The number of benzene rings is 2. The summed E-state index contributed by atoms with van der Waals surface area (Å²) in [4.78, 5) is 9.94. The van der Waals surface area contributed by atoms with Gasteiger partial charge in [-0.05, 0) is 37.3 Å². The summed E-state index contributed by atoms with van der Waals surface area (Å²) in [5, 5.41) is 12.2. The van der Waals surface area contributed by atoms with Crippen LogP contribution < -0.4 is 10.1 Å². The Morgan fingerprint density at radius 2 is 1.68 bits per heavy atom. The summed E-state index contributed by atoms with van der Waals surface area (Å²) in [7, 11) is -9.98. The van der Waals surface area contributed by atoms with E-state index in [0.29, 0.717) is 17.8 Å². The summed E-state index contributed by atoms with van der Waals surface area (Å²) in [6.07, 6.45) is -4.98. The molecule has 2 aromatic rings. The maximum absolute atomic E-state index is 12.9. The van der Waals surface area contributed by atoms with E-state index in [0.717, 1.165) is 19.1 Å². The normalized spacial score (nSPS) is 16.6. The molecular weight excluding hydrogens is 482 g/mol. The number of para-hydroxylation sites is 1. The van der Waals surface area contributed by atoms with Crippen molar-refractivity contribution in [3.8, 4) is 5.75 Å². The molecule has 174 valence electrons. The lowest BCUT2D eigenvalue weighted by atomic mass is 10.1. The van der Waals surface area contributed by atoms with Gasteiger partial charge in [-0.15, -0.1) is 24.9 Å². The van der Waals surface area contributed by atoms with Crippen LogP contribution in [0.25, 0.3) is 0 Å². The highest BCUT2D eigenvalue weighted by Gasteiger charge is 2.65. The Balaban J connectivity index is 2.14. The van der Waals surface area contributed by atoms with E-state index in [1.54, 1.807) is 0 Å². The second-order valence-electron chi connectivity index (χ2n) is 6.51. The van der Waals surface area contributed by atoms with E-state index in [9.17, 15) is 42.5 Å². The standard InChI is InChI=1S/C17H15F8NO3S2/c1-16(28,10-30-14-8-3-2-7-13(14)29-17(18,19)20)15(27)26-11-5-4-6-12(9-11)31(21,22,23,24)25/h2-9,28H,10H2,1H3,(H,26,27). The highest BCUT2D eigenvalue weighted by Crippen LogP contribution is 3.02. The van der Waals surface area contributed by atoms with Crippen LogP contribution in [0.1, 0.15) is 6.92 Å². The van der Waals surface area contributed by atoms with Gasteiger partial charge in [0.2, 0.25) is 0 Å². The molecule has 31 heavy (non-hydrogen) atoms. The molecule has 0 saturated heterocycles. The van der Waals surface area contributed by atoms with Crippen LogP contribution in [0.5, 0.6) is 5.75 Å². The minimum atomic E-state index is -9.98. The molecular formula is C17H15F8NO3S2. The lowest BCUT2D eigenvalue weighted by Gasteiger charge is -2.40. The topological polar surface area (TPSA) is 58.6 Å². The van der Waals surface area contributed by atoms with Crippen LogP contribution in [0, 0.1) is 0 Å². The van der Waals surface area contributed by atoms with Crippen LogP contribution in [0.15, 0.2) is 58.3 Å². The quantitative estimate of drug-likeness (QED) is 0.329. The zero-order chi connectivity index (χ0) is 23.8. The molecule has 0 spiro atoms. The van der Waals surface area contributed by atoms with Gasteiger partial charge in [-0.25, -0.2) is 0 Å². The van der Waals surface area contributed by atoms with E-state index in [1.807, 2.05) is 5.32 Å². The van der Waals surface area contributed by atoms with Gasteiger partial charge in [0.15, 0.2) is 0 Å². The highest BCUT2D eigenvalue weighted by atomic mass is 32.5. The van der Waals surface area contributed by atoms with Gasteiger partial charge in [-0.1, -0.05) is 37.6 Å². The van der Waals surface area contributed by atoms with Crippen LogP contribution in [0.3, 0.4) is 0 Å². The Labute approximate surface area is 175 Å². The van der Waals surface area contributed by atoms with E-state index in [4.69, 9.17) is 0 Å². The third-order valence-electron chi connectivity index (χ3n) is 3.61. The van der Waals surface area contributed by atoms with E-state index >= 15 is 0 Å². The zero-order valence-electron chi connectivity index (χ0n) is 15.4. The zero-order valence-corrected chi connectivity index (χ0v) is 17.1. The number of ether oxygens (including phenoxy) is 1. The van der Waals surface area contributed by atoms with Crippen molar-refractivity contribution in [1.29, 1.82) is 0 Å². The second-order valence-corrected chi connectivity index (χ2v) is 9.93. The Morgan fingerprint density at radius 3 is 2.26 bits per heavy atom. The first kappa shape index (κ1) is 25.1. The summed E-state index contributed by atoms with van der Waals surface area (Å²) < 4.78 is 106. The third kappa shape index (κ3) is 7.47. The number of halogens is 8. The van der Waals surface area contributed by atoms with Crippen LogP contribution in [-0.4, -0.2) is 28.7 Å². The molecule has 4 nitrogen and oxygen atoms in total. The molecule has 0 aliphatic carbocycles. The summed E-state index contributed by atoms with van der Waals surface area (Å²) in [5.41, 5.74) is -2.94. The molecule has 2 aromatic carbocycles. The van der Waals surface area contributed by atoms with Crippen molar-refractivity contribution in [2.24, 2.45) is 0 Å². The van der Waals surface area contributed by atoms with Crippen molar-refractivity contribution >= 4 is 33.6 Å². The van der Waals surface area contributed by atoms with Gasteiger partial charge >= 0.3 is 16.6 Å². The molecule has 0 fully saturated rings. The van der Waals surface area contributed by atoms with Gasteiger partial charge in [0, 0.05) is 16.3 Å². The predicted molar refractivity (Wildman–Crippen MR) is 101 cm³/mol. The van der Waals surface area contributed by atoms with Gasteiger partial charge in [-0.3, -0.25) is 4.79 Å². The number of thioether (sulfide) groups is 1. The summed E-state index contributed by atoms with van der Waals surface area (Å²) in [5.74, 6) is -2.37. The minimum absolute atomic E-state index is 0.0230. The van der Waals surface area contributed by atoms with Gasteiger partial charge in [-0.2, -0.15) is 0 Å². The van der Waals surface area contributed by atoms with E-state index < -0.39 is 50.2 Å². The number of carbonyl (C=O) groups is 1. The molecule has 0 bridgehead atoms. The molecule has 0 radical (unpaired) electrons. The molecule has 0 saturated carbocycles. The van der Waals surface area contributed by atoms with Crippen LogP contribution in [0.4, 0.5) is 38.3 Å². The summed E-state index contributed by atoms with van der Waals surface area (Å²) in [6, 6.07) is 6.61. The Kier molecular flexibility index (Phi) is 6.02. The van der Waals surface area contributed by atoms with Gasteiger partial charge < -0.3 is 15.2 Å². The number of rotatable bonds is 7. The average Bonchev–Trinajstić information content (AvgIpc) is 2.58. The fourth-order valence-electron chi connectivity index (χ4n) is 2.14. The Morgan fingerprint density at radius 1 is 1.06 bits per heavy atom. The largest absolute Gasteiger partial charge is 0.573 e. The number of alkyl halides is 3. The van der Waals surface area contributed by atoms with Gasteiger partial charge in [0.25, 0.3) is 5.91 Å². The molecule has 2 N–H and O–H groups in total. The molecule has 0 aliphatic heterocycles. The molecule has 1 atom stereocenters. The van der Waals surface area contributed by atoms with Gasteiger partial charge in [0.1, 0.15) is 16.2 Å². The first-order valence-corrected chi connectivity index (χ1v) is 11.1. The van der Waals surface area contributed by atoms with Crippen molar-refractivity contribution in [3.63, 3.8) is 0 Å². The van der Waals surface area contributed by atoms with Crippen molar-refractivity contribution in [2.45, 2.75) is 28.7 Å². The van der Waals surface area contributed by atoms with Crippen molar-refractivity contribution < 1.29 is 47.2 Å². The van der Waals surface area contributed by atoms with Crippen molar-refractivity contribution in [1.82, 2.24) is 0 Å². The highest BCUT2D eigenvalue weighted by molar-refractivity contribution is 8.45. The molecule has 0 heterocycles. The first-order chi connectivity index (χ1) is 13.8. The third-order valence-corrected chi connectivity index (χ3v) is 6.11. The average molecular weight is 497 g/mol. The fourth-order valence-corrected chi connectivity index (χ4v) is 3.82. The number of anilines is 1. The van der Waals surface area contributed by atoms with E-state index in [-0.39, 0.29) is 17.0 Å². The van der Waals surface area contributed by atoms with E-state index in [2.05, 4.69) is 4.74 Å². The fraction of sp³-hybridized carbons (Fsp3) is 0.235. The molecule has 14 heteroatoms. The maximum atomic E-state index is 12.9. The smallest absolute Gasteiger partial charge is 0.405 e. The number of hydrogen-bond donors (Lipinski definition) is 2. The Hall–Kier alpha value is -2.19. The predicted octanol–water partition coefficient (Wildman–Crippen LogP) is 6.72. The summed E-state index contributed by atoms with van der Waals surface area (Å²) >= 11 is 0.610.